The van der Waals surface area contributed by atoms with Crippen molar-refractivity contribution >= 4 is 38.0 Å². The summed E-state index contributed by atoms with van der Waals surface area (Å²) in [5.41, 5.74) is 5.96. The van der Waals surface area contributed by atoms with E-state index < -0.39 is 27.5 Å². The number of nitrogens with two attached hydrogens (primary N) is 1. The third kappa shape index (κ3) is 3.80. The van der Waals surface area contributed by atoms with Gasteiger partial charge in [0, 0.05) is 5.69 Å². The number of anilines is 1. The molecule has 2 aromatic heterocycles. The van der Waals surface area contributed by atoms with E-state index in [1.54, 1.807) is 0 Å². The Bertz CT molecular complexity index is 1170. The van der Waals surface area contributed by atoms with Crippen molar-refractivity contribution < 1.29 is 22.4 Å². The summed E-state index contributed by atoms with van der Waals surface area (Å²) in [6.45, 7) is 1.88. The Morgan fingerprint density at radius 1 is 1.29 bits per heavy atom. The van der Waals surface area contributed by atoms with Gasteiger partial charge in [0.1, 0.15) is 15.0 Å². The average Bonchev–Trinajstić information content (AvgIpc) is 3.29. The minimum Gasteiger partial charge on any atom is -0.366 e. The van der Waals surface area contributed by atoms with Crippen LogP contribution in [-0.4, -0.2) is 30.4 Å². The number of H-pyrrole nitrogens is 1. The number of carbonyl (C=O) groups is 2. The van der Waals surface area contributed by atoms with Gasteiger partial charge in [0.15, 0.2) is 5.69 Å². The second-order valence-corrected chi connectivity index (χ2v) is 8.95. The largest absolute Gasteiger partial charge is 0.366 e. The molecule has 28 heavy (non-hydrogen) atoms. The van der Waals surface area contributed by atoms with E-state index in [2.05, 4.69) is 15.5 Å². The number of primary amides is 1. The summed E-state index contributed by atoms with van der Waals surface area (Å²) in [5.74, 6) is -2.26. The number of rotatable bonds is 6. The number of amides is 2. The summed E-state index contributed by atoms with van der Waals surface area (Å²) in [4.78, 5) is 23.8. The number of nitrogens with one attached hydrogen (secondary N) is 2. The zero-order chi connectivity index (χ0) is 20.5. The highest BCUT2D eigenvalue weighted by Gasteiger charge is 2.26. The second kappa shape index (κ2) is 7.52. The molecule has 0 saturated heterocycles. The van der Waals surface area contributed by atoms with Crippen molar-refractivity contribution in [1.29, 1.82) is 0 Å². The Morgan fingerprint density at radius 2 is 2.04 bits per heavy atom. The third-order valence-corrected chi connectivity index (χ3v) is 7.09. The molecule has 8 nitrogen and oxygen atoms in total. The first kappa shape index (κ1) is 19.7. The molecule has 3 aromatic rings. The van der Waals surface area contributed by atoms with Gasteiger partial charge in [-0.25, -0.2) is 12.8 Å². The summed E-state index contributed by atoms with van der Waals surface area (Å²) >= 11 is 0.650. The molecule has 3 rings (SSSR count). The molecule has 0 spiro atoms. The first-order chi connectivity index (χ1) is 13.2. The monoisotopic (exact) mass is 422 g/mol. The SMILES string of the molecule is CCc1cc(C(=O)Nc2sc(S(=O)(=O)c3cccc(F)c3)cc2C(N)=O)n[nH]1. The van der Waals surface area contributed by atoms with Crippen molar-refractivity contribution in [3.63, 3.8) is 0 Å². The Morgan fingerprint density at radius 3 is 2.64 bits per heavy atom. The van der Waals surface area contributed by atoms with E-state index in [1.165, 1.54) is 18.2 Å². The minimum absolute atomic E-state index is 0.0338. The van der Waals surface area contributed by atoms with Gasteiger partial charge in [-0.15, -0.1) is 11.3 Å². The van der Waals surface area contributed by atoms with Crippen molar-refractivity contribution in [3.05, 3.63) is 59.2 Å². The lowest BCUT2D eigenvalue weighted by Gasteiger charge is -2.02. The molecule has 0 aliphatic carbocycles. The van der Waals surface area contributed by atoms with Crippen molar-refractivity contribution in [2.24, 2.45) is 5.73 Å². The van der Waals surface area contributed by atoms with Crippen LogP contribution in [0.1, 0.15) is 33.5 Å². The number of sulfone groups is 1. The van der Waals surface area contributed by atoms with Crippen LogP contribution in [0, 0.1) is 5.82 Å². The minimum atomic E-state index is -4.10. The molecular weight excluding hydrogens is 407 g/mol. The maximum Gasteiger partial charge on any atom is 0.276 e. The van der Waals surface area contributed by atoms with E-state index in [4.69, 9.17) is 5.73 Å². The van der Waals surface area contributed by atoms with Gasteiger partial charge in [0.05, 0.1) is 10.5 Å². The summed E-state index contributed by atoms with van der Waals surface area (Å²) in [7, 11) is -4.10. The number of aryl methyl sites for hydroxylation is 1. The highest BCUT2D eigenvalue weighted by Crippen LogP contribution is 2.35. The van der Waals surface area contributed by atoms with E-state index >= 15 is 0 Å². The van der Waals surface area contributed by atoms with Crippen LogP contribution < -0.4 is 11.1 Å². The highest BCUT2D eigenvalue weighted by molar-refractivity contribution is 7.93. The summed E-state index contributed by atoms with van der Waals surface area (Å²) in [6.07, 6.45) is 0.641. The summed E-state index contributed by atoms with van der Waals surface area (Å²) in [6, 6.07) is 7.07. The maximum absolute atomic E-state index is 13.4. The zero-order valence-corrected chi connectivity index (χ0v) is 16.2. The van der Waals surface area contributed by atoms with Crippen molar-refractivity contribution in [2.75, 3.05) is 5.32 Å². The maximum atomic E-state index is 13.4. The van der Waals surface area contributed by atoms with Crippen LogP contribution in [0.5, 0.6) is 0 Å². The van der Waals surface area contributed by atoms with Gasteiger partial charge in [-0.2, -0.15) is 5.10 Å². The molecule has 0 fully saturated rings. The van der Waals surface area contributed by atoms with Gasteiger partial charge in [-0.1, -0.05) is 13.0 Å². The second-order valence-electron chi connectivity index (χ2n) is 5.72. The number of benzene rings is 1. The van der Waals surface area contributed by atoms with Crippen LogP contribution in [0.3, 0.4) is 0 Å². The number of halogens is 1. The number of aromatic amines is 1. The number of nitrogens with zero attached hydrogens (tertiary/aromatic N) is 1. The number of carbonyl (C=O) groups excluding carboxylic acids is 2. The zero-order valence-electron chi connectivity index (χ0n) is 14.5. The molecule has 4 N–H and O–H groups in total. The lowest BCUT2D eigenvalue weighted by atomic mass is 10.3. The number of thiophene rings is 1. The lowest BCUT2D eigenvalue weighted by molar-refractivity contribution is 0.100. The summed E-state index contributed by atoms with van der Waals surface area (Å²) < 4.78 is 38.6. The molecule has 0 aliphatic heterocycles. The smallest absolute Gasteiger partial charge is 0.276 e. The van der Waals surface area contributed by atoms with Crippen LogP contribution in [0.4, 0.5) is 9.39 Å². The molecule has 0 atom stereocenters. The number of hydrogen-bond acceptors (Lipinski definition) is 6. The quantitative estimate of drug-likeness (QED) is 0.560. The van der Waals surface area contributed by atoms with Crippen molar-refractivity contribution in [1.82, 2.24) is 10.2 Å². The van der Waals surface area contributed by atoms with Gasteiger partial charge in [0.2, 0.25) is 9.84 Å². The van der Waals surface area contributed by atoms with Crippen LogP contribution in [-0.2, 0) is 16.3 Å². The van der Waals surface area contributed by atoms with Crippen LogP contribution in [0.15, 0.2) is 45.5 Å². The van der Waals surface area contributed by atoms with Gasteiger partial charge < -0.3 is 11.1 Å². The molecular formula is C17H15FN4O4S2. The van der Waals surface area contributed by atoms with Crippen LogP contribution in [0.25, 0.3) is 0 Å². The number of aromatic nitrogens is 2. The first-order valence-electron chi connectivity index (χ1n) is 8.02. The van der Waals surface area contributed by atoms with Crippen molar-refractivity contribution in [2.45, 2.75) is 22.4 Å². The summed E-state index contributed by atoms with van der Waals surface area (Å²) in [5, 5.41) is 8.97. The normalized spacial score (nSPS) is 11.4. The lowest BCUT2D eigenvalue weighted by Crippen LogP contribution is -2.16. The topological polar surface area (TPSA) is 135 Å². The highest BCUT2D eigenvalue weighted by atomic mass is 32.2. The molecule has 11 heteroatoms. The van der Waals surface area contributed by atoms with E-state index in [0.29, 0.717) is 17.8 Å². The van der Waals surface area contributed by atoms with Gasteiger partial charge in [-0.3, -0.25) is 14.7 Å². The molecule has 146 valence electrons. The molecule has 0 aliphatic rings. The fraction of sp³-hybridized carbons (Fsp3) is 0.118. The van der Waals surface area contributed by atoms with Gasteiger partial charge in [-0.05, 0) is 36.8 Å². The Labute approximate surface area is 163 Å². The van der Waals surface area contributed by atoms with E-state index in [9.17, 15) is 22.4 Å². The predicted molar refractivity (Wildman–Crippen MR) is 101 cm³/mol. The fourth-order valence-corrected chi connectivity index (χ4v) is 5.15. The van der Waals surface area contributed by atoms with Gasteiger partial charge in [0.25, 0.3) is 11.8 Å². The number of hydrogen-bond donors (Lipinski definition) is 3. The Hall–Kier alpha value is -3.05. The predicted octanol–water partition coefficient (Wildman–Crippen LogP) is 2.36. The van der Waals surface area contributed by atoms with Crippen LogP contribution in [0.2, 0.25) is 0 Å². The molecule has 0 saturated carbocycles. The first-order valence-corrected chi connectivity index (χ1v) is 10.3. The molecule has 2 heterocycles. The molecule has 0 radical (unpaired) electrons. The standard InChI is InChI=1S/C17H15FN4O4S2/c1-2-10-7-13(22-21-10)16(24)20-17-12(15(19)23)8-14(27-17)28(25,26)11-5-3-4-9(18)6-11/h3-8H,2H2,1H3,(H2,19,23)(H,20,24)(H,21,22). The van der Waals surface area contributed by atoms with Crippen LogP contribution >= 0.6 is 11.3 Å². The fourth-order valence-electron chi connectivity index (χ4n) is 2.35. The Balaban J connectivity index is 1.98. The van der Waals surface area contributed by atoms with Crippen molar-refractivity contribution in [3.8, 4) is 0 Å². The van der Waals surface area contributed by atoms with E-state index in [-0.39, 0.29) is 25.4 Å². The molecule has 1 aromatic carbocycles. The van der Waals surface area contributed by atoms with Gasteiger partial charge >= 0.3 is 0 Å². The molecule has 0 unspecified atom stereocenters. The third-order valence-electron chi connectivity index (χ3n) is 3.82. The Kier molecular flexibility index (Phi) is 5.29. The molecule has 2 amide bonds. The van der Waals surface area contributed by atoms with E-state index in [1.807, 2.05) is 6.92 Å². The average molecular weight is 422 g/mol. The van der Waals surface area contributed by atoms with E-state index in [0.717, 1.165) is 23.9 Å². The molecule has 0 bridgehead atoms.